The number of carbonyl (C=O) groups is 4. The van der Waals surface area contributed by atoms with Crippen LogP contribution in [0.25, 0.3) is 0 Å². The second-order valence-corrected chi connectivity index (χ2v) is 14.0. The number of amides is 4. The Bertz CT molecular complexity index is 1900. The number of nitrogens with zero attached hydrogens (tertiary/aromatic N) is 2. The number of carbonyl (C=O) groups excluding carboxylic acids is 4. The molecule has 6 atom stereocenters. The Kier molecular flexibility index (Phi) is 7.34. The topological polar surface area (TPSA) is 104 Å². The number of ether oxygens (including phenoxy) is 1. The van der Waals surface area contributed by atoms with E-state index in [-0.39, 0.29) is 46.9 Å². The van der Waals surface area contributed by atoms with Crippen molar-refractivity contribution < 1.29 is 33.4 Å². The molecule has 0 aromatic heterocycles. The summed E-state index contributed by atoms with van der Waals surface area (Å²) in [5, 5.41) is 10.9. The van der Waals surface area contributed by atoms with E-state index in [9.17, 15) is 28.7 Å². The number of rotatable bonds is 4. The van der Waals surface area contributed by atoms with E-state index in [1.165, 1.54) is 24.1 Å². The van der Waals surface area contributed by atoms with E-state index in [1.54, 1.807) is 43.3 Å². The zero-order chi connectivity index (χ0) is 32.8. The highest BCUT2D eigenvalue weighted by atomic mass is 79.9. The smallest absolute Gasteiger partial charge is 0.241 e. The van der Waals surface area contributed by atoms with Crippen molar-refractivity contribution in [3.05, 3.63) is 92.1 Å². The summed E-state index contributed by atoms with van der Waals surface area (Å²) >= 11 is 15.5. The Balaban J connectivity index is 1.39. The number of hydrogen-bond donors (Lipinski definition) is 1. The Morgan fingerprint density at radius 1 is 0.935 bits per heavy atom. The summed E-state index contributed by atoms with van der Waals surface area (Å²) in [6.45, 7) is 1.73. The van der Waals surface area contributed by atoms with Gasteiger partial charge in [0.15, 0.2) is 11.5 Å². The fraction of sp³-hybridized carbons (Fsp3) is 0.294. The first-order valence-electron chi connectivity index (χ1n) is 14.6. The molecule has 1 N–H and O–H groups in total. The molecule has 2 aliphatic carbocycles. The summed E-state index contributed by atoms with van der Waals surface area (Å²) in [6, 6.07) is 13.4. The number of allylic oxidation sites excluding steroid dienone is 2. The van der Waals surface area contributed by atoms with Crippen molar-refractivity contribution in [3.63, 3.8) is 0 Å². The second-order valence-electron chi connectivity index (χ2n) is 12.3. The lowest BCUT2D eigenvalue weighted by Crippen LogP contribution is -2.48. The quantitative estimate of drug-likeness (QED) is 0.228. The van der Waals surface area contributed by atoms with Crippen LogP contribution in [0.3, 0.4) is 0 Å². The number of benzene rings is 3. The van der Waals surface area contributed by atoms with Gasteiger partial charge in [0.1, 0.15) is 5.82 Å². The highest BCUT2D eigenvalue weighted by molar-refractivity contribution is 9.10. The van der Waals surface area contributed by atoms with Gasteiger partial charge in [0, 0.05) is 10.9 Å². The molecule has 0 bridgehead atoms. The molecular formula is C34H26BrCl2FN2O6. The molecule has 8 nitrogen and oxygen atoms in total. The molecule has 12 heteroatoms. The third-order valence-electron chi connectivity index (χ3n) is 10.1. The third kappa shape index (κ3) is 4.29. The minimum Gasteiger partial charge on any atom is -0.503 e. The number of phenolic OH excluding ortho intramolecular Hbond substituents is 1. The lowest BCUT2D eigenvalue weighted by molar-refractivity contribution is -0.131. The first kappa shape index (κ1) is 30.9. The van der Waals surface area contributed by atoms with Gasteiger partial charge in [-0.2, -0.15) is 0 Å². The van der Waals surface area contributed by atoms with Gasteiger partial charge in [-0.15, -0.1) is 0 Å². The van der Waals surface area contributed by atoms with Gasteiger partial charge >= 0.3 is 0 Å². The molecule has 2 heterocycles. The molecule has 7 rings (SSSR count). The summed E-state index contributed by atoms with van der Waals surface area (Å²) in [4.78, 5) is 59.0. The van der Waals surface area contributed by atoms with Crippen LogP contribution in [0.4, 0.5) is 15.8 Å². The zero-order valence-electron chi connectivity index (χ0n) is 24.5. The van der Waals surface area contributed by atoms with Crippen LogP contribution in [0.5, 0.6) is 11.5 Å². The van der Waals surface area contributed by atoms with Crippen molar-refractivity contribution in [2.75, 3.05) is 16.9 Å². The van der Waals surface area contributed by atoms with Gasteiger partial charge in [0.2, 0.25) is 23.6 Å². The van der Waals surface area contributed by atoms with E-state index < -0.39 is 52.6 Å². The van der Waals surface area contributed by atoms with Gasteiger partial charge in [-0.05, 0) is 102 Å². The fourth-order valence-electron chi connectivity index (χ4n) is 8.03. The fourth-order valence-corrected chi connectivity index (χ4v) is 8.79. The number of imide groups is 2. The van der Waals surface area contributed by atoms with Crippen molar-refractivity contribution in [1.82, 2.24) is 0 Å². The molecule has 0 spiro atoms. The van der Waals surface area contributed by atoms with E-state index in [0.717, 1.165) is 16.5 Å². The van der Waals surface area contributed by atoms with Crippen molar-refractivity contribution in [2.45, 2.75) is 25.7 Å². The zero-order valence-corrected chi connectivity index (χ0v) is 27.6. The van der Waals surface area contributed by atoms with Crippen LogP contribution in [-0.4, -0.2) is 35.8 Å². The lowest BCUT2D eigenvalue weighted by atomic mass is 9.51. The Morgan fingerprint density at radius 2 is 1.63 bits per heavy atom. The average molecular weight is 728 g/mol. The van der Waals surface area contributed by atoms with Crippen molar-refractivity contribution in [3.8, 4) is 11.5 Å². The number of phenols is 1. The van der Waals surface area contributed by atoms with E-state index in [4.69, 9.17) is 27.9 Å². The molecule has 4 amide bonds. The summed E-state index contributed by atoms with van der Waals surface area (Å²) in [5.74, 6) is -6.00. The summed E-state index contributed by atoms with van der Waals surface area (Å²) in [5.41, 5.74) is 0.534. The minimum absolute atomic E-state index is 0.135. The van der Waals surface area contributed by atoms with Gasteiger partial charge < -0.3 is 9.84 Å². The van der Waals surface area contributed by atoms with Crippen LogP contribution in [0, 0.1) is 34.9 Å². The molecule has 46 heavy (non-hydrogen) atoms. The van der Waals surface area contributed by atoms with Gasteiger partial charge in [-0.25, -0.2) is 9.29 Å². The van der Waals surface area contributed by atoms with Gasteiger partial charge in [0.05, 0.1) is 51.1 Å². The van der Waals surface area contributed by atoms with Crippen molar-refractivity contribution in [1.29, 1.82) is 0 Å². The minimum atomic E-state index is -1.35. The number of methoxy groups -OCH3 is 1. The SMILES string of the molecule is COc1cc(C2C3=CCC4C(=O)N(c5ccc(Cl)cc5)C(=O)C4C3CC3C(=O)N(c4ccc(F)c(Cl)c4)C(=O)C32C)cc(Br)c1O. The van der Waals surface area contributed by atoms with Crippen molar-refractivity contribution >= 4 is 74.1 Å². The van der Waals surface area contributed by atoms with Crippen LogP contribution in [-0.2, 0) is 19.2 Å². The van der Waals surface area contributed by atoms with Gasteiger partial charge in [0.25, 0.3) is 0 Å². The third-order valence-corrected chi connectivity index (χ3v) is 11.3. The molecule has 3 aromatic rings. The number of anilines is 2. The van der Waals surface area contributed by atoms with E-state index in [2.05, 4.69) is 15.9 Å². The summed E-state index contributed by atoms with van der Waals surface area (Å²) in [6.07, 6.45) is 2.33. The lowest BCUT2D eigenvalue weighted by Gasteiger charge is -2.49. The maximum Gasteiger partial charge on any atom is 0.241 e. The molecule has 1 saturated carbocycles. The predicted molar refractivity (Wildman–Crippen MR) is 172 cm³/mol. The Hall–Kier alpha value is -3.73. The first-order chi connectivity index (χ1) is 21.9. The van der Waals surface area contributed by atoms with E-state index >= 15 is 0 Å². The highest BCUT2D eigenvalue weighted by Gasteiger charge is 2.67. The molecule has 236 valence electrons. The van der Waals surface area contributed by atoms with Gasteiger partial charge in [-0.1, -0.05) is 34.9 Å². The molecule has 4 aliphatic rings. The van der Waals surface area contributed by atoms with Crippen molar-refractivity contribution in [2.24, 2.45) is 29.1 Å². The largest absolute Gasteiger partial charge is 0.503 e. The highest BCUT2D eigenvalue weighted by Crippen LogP contribution is 2.64. The maximum absolute atomic E-state index is 14.6. The Morgan fingerprint density at radius 3 is 2.30 bits per heavy atom. The van der Waals surface area contributed by atoms with E-state index in [1.807, 2.05) is 6.08 Å². The standard InChI is InChI=1S/C34H26BrCl2FN2O6/c1-34-22(31(43)40(33(34)45)18-7-10-25(38)24(37)13-18)14-21-19(28(34)15-11-23(35)29(41)26(12-15)46-2)8-9-20-27(21)32(44)39(30(20)42)17-5-3-16(36)4-6-17/h3-8,10-13,20-22,27-28,41H,9,14H2,1-2H3. The molecule has 3 fully saturated rings. The molecule has 2 aliphatic heterocycles. The van der Waals surface area contributed by atoms with Crippen LogP contribution < -0.4 is 14.5 Å². The predicted octanol–water partition coefficient (Wildman–Crippen LogP) is 7.04. The van der Waals surface area contributed by atoms with Crippen LogP contribution >= 0.6 is 39.1 Å². The average Bonchev–Trinajstić information content (AvgIpc) is 3.40. The Labute approximate surface area is 281 Å². The number of halogens is 4. The van der Waals surface area contributed by atoms with E-state index in [0.29, 0.717) is 20.7 Å². The summed E-state index contributed by atoms with van der Waals surface area (Å²) < 4.78 is 19.9. The molecule has 0 radical (unpaired) electrons. The molecule has 3 aromatic carbocycles. The molecule has 6 unspecified atom stereocenters. The number of hydrogen-bond acceptors (Lipinski definition) is 6. The molecule has 2 saturated heterocycles. The molecular weight excluding hydrogens is 702 g/mol. The summed E-state index contributed by atoms with van der Waals surface area (Å²) in [7, 11) is 1.41. The van der Waals surface area contributed by atoms with Crippen LogP contribution in [0.1, 0.15) is 31.2 Å². The second kappa shape index (κ2) is 10.9. The maximum atomic E-state index is 14.6. The monoisotopic (exact) mass is 726 g/mol. The van der Waals surface area contributed by atoms with Gasteiger partial charge in [-0.3, -0.25) is 24.1 Å². The van der Waals surface area contributed by atoms with Crippen LogP contribution in [0.15, 0.2) is 70.7 Å². The van der Waals surface area contributed by atoms with Crippen LogP contribution in [0.2, 0.25) is 10.0 Å². The number of fused-ring (bicyclic) bond motifs is 4. The normalized spacial score (nSPS) is 28.7. The first-order valence-corrected chi connectivity index (χ1v) is 16.2. The number of aromatic hydroxyl groups is 1.